The van der Waals surface area contributed by atoms with Crippen molar-refractivity contribution in [3.63, 3.8) is 0 Å². The summed E-state index contributed by atoms with van der Waals surface area (Å²) in [5.74, 6) is 0. The number of rotatable bonds is 3. The van der Waals surface area contributed by atoms with Gasteiger partial charge < -0.3 is 4.89 Å². The summed E-state index contributed by atoms with van der Waals surface area (Å²) in [5.41, 5.74) is 0.844. The van der Waals surface area contributed by atoms with Crippen LogP contribution in [0.15, 0.2) is 22.8 Å². The maximum Gasteiger partial charge on any atom is 0.189 e. The van der Waals surface area contributed by atoms with Crippen molar-refractivity contribution in [1.82, 2.24) is 4.98 Å². The van der Waals surface area contributed by atoms with Crippen molar-refractivity contribution in [2.45, 2.75) is 6.42 Å². The van der Waals surface area contributed by atoms with Crippen LogP contribution in [0.1, 0.15) is 5.69 Å². The van der Waals surface area contributed by atoms with Crippen molar-refractivity contribution in [2.24, 2.45) is 0 Å². The van der Waals surface area contributed by atoms with Gasteiger partial charge in [0.2, 0.25) is 0 Å². The average Bonchev–Trinajstić information content (AvgIpc) is 2.01. The number of pyridine rings is 1. The van der Waals surface area contributed by atoms with E-state index in [4.69, 9.17) is 4.89 Å². The van der Waals surface area contributed by atoms with Crippen molar-refractivity contribution in [3.8, 4) is 0 Å². The Morgan fingerprint density at radius 1 is 1.58 bits per heavy atom. The Labute approximate surface area is 79.8 Å². The van der Waals surface area contributed by atoms with Crippen molar-refractivity contribution in [1.29, 1.82) is 0 Å². The molecule has 12 heavy (non-hydrogen) atoms. The topological polar surface area (TPSA) is 50.2 Å². The molecule has 1 rings (SSSR count). The van der Waals surface area contributed by atoms with E-state index in [1.807, 2.05) is 18.2 Å². The highest BCUT2D eigenvalue weighted by Crippen LogP contribution is 2.15. The van der Waals surface area contributed by atoms with E-state index < -0.39 is 8.03 Å². The molecule has 66 valence electrons. The van der Waals surface area contributed by atoms with E-state index in [1.54, 1.807) is 0 Å². The van der Waals surface area contributed by atoms with Crippen LogP contribution in [0.3, 0.4) is 0 Å². The van der Waals surface area contributed by atoms with Crippen molar-refractivity contribution >= 4 is 24.0 Å². The summed E-state index contributed by atoms with van der Waals surface area (Å²) in [7, 11) is -2.35. The summed E-state index contributed by atoms with van der Waals surface area (Å²) in [6.07, 6.45) is 0.877. The third-order valence-electron chi connectivity index (χ3n) is 1.37. The lowest BCUT2D eigenvalue weighted by Gasteiger charge is -1.97. The third-order valence-corrected chi connectivity index (χ3v) is 2.49. The van der Waals surface area contributed by atoms with Crippen LogP contribution in [-0.2, 0) is 11.0 Å². The van der Waals surface area contributed by atoms with E-state index in [2.05, 4.69) is 20.9 Å². The third kappa shape index (κ3) is 3.48. The second kappa shape index (κ2) is 4.75. The highest BCUT2D eigenvalue weighted by atomic mass is 79.9. The average molecular weight is 250 g/mol. The van der Waals surface area contributed by atoms with E-state index in [9.17, 15) is 4.57 Å². The maximum absolute atomic E-state index is 10.4. The monoisotopic (exact) mass is 249 g/mol. The van der Waals surface area contributed by atoms with Gasteiger partial charge in [0.05, 0.1) is 0 Å². The van der Waals surface area contributed by atoms with Crippen LogP contribution < -0.4 is 0 Å². The standard InChI is InChI=1S/C7H9BrNO2P/c8-7-3-1-2-6(9-7)4-5-12(10)11/h1-3,12H,4-5H2,(H,10,11). The zero-order valence-corrected chi connectivity index (χ0v) is 8.91. The van der Waals surface area contributed by atoms with Crippen LogP contribution in [0.2, 0.25) is 0 Å². The van der Waals surface area contributed by atoms with Gasteiger partial charge in [-0.25, -0.2) is 4.98 Å². The number of halogens is 1. The molecule has 1 atom stereocenters. The number of aryl methyl sites for hydroxylation is 1. The Hall–Kier alpha value is -0.180. The number of nitrogens with zero attached hydrogens (tertiary/aromatic N) is 1. The molecule has 0 aliphatic heterocycles. The first-order chi connectivity index (χ1) is 5.68. The van der Waals surface area contributed by atoms with E-state index in [1.165, 1.54) is 0 Å². The molecule has 1 N–H and O–H groups in total. The Bertz CT molecular complexity index is 292. The molecule has 1 aromatic heterocycles. The van der Waals surface area contributed by atoms with Gasteiger partial charge in [0, 0.05) is 11.9 Å². The predicted molar refractivity (Wildman–Crippen MR) is 51.7 cm³/mol. The minimum atomic E-state index is -2.35. The minimum absolute atomic E-state index is 0.314. The van der Waals surface area contributed by atoms with Crippen LogP contribution in [-0.4, -0.2) is 16.0 Å². The van der Waals surface area contributed by atoms with Gasteiger partial charge in [-0.2, -0.15) is 0 Å². The van der Waals surface area contributed by atoms with Gasteiger partial charge in [-0.1, -0.05) is 6.07 Å². The predicted octanol–water partition coefficient (Wildman–Crippen LogP) is 1.85. The minimum Gasteiger partial charge on any atom is -0.346 e. The first-order valence-corrected chi connectivity index (χ1v) is 5.87. The molecule has 0 fully saturated rings. The Morgan fingerprint density at radius 2 is 2.33 bits per heavy atom. The highest BCUT2D eigenvalue weighted by molar-refractivity contribution is 9.10. The largest absolute Gasteiger partial charge is 0.346 e. The summed E-state index contributed by atoms with van der Waals surface area (Å²) in [4.78, 5) is 12.7. The molecule has 0 spiro atoms. The van der Waals surface area contributed by atoms with Gasteiger partial charge in [0.25, 0.3) is 0 Å². The molecule has 3 nitrogen and oxygen atoms in total. The molecule has 0 saturated carbocycles. The summed E-state index contributed by atoms with van der Waals surface area (Å²) in [5, 5.41) is 0. The fourth-order valence-corrected chi connectivity index (χ4v) is 1.67. The summed E-state index contributed by atoms with van der Waals surface area (Å²) < 4.78 is 11.2. The van der Waals surface area contributed by atoms with Gasteiger partial charge in [-0.05, 0) is 34.5 Å². The van der Waals surface area contributed by atoms with Crippen LogP contribution in [0, 0.1) is 0 Å². The van der Waals surface area contributed by atoms with Crippen LogP contribution in [0.4, 0.5) is 0 Å². The fourth-order valence-electron chi connectivity index (χ4n) is 0.825. The second-order valence-corrected chi connectivity index (χ2v) is 4.45. The van der Waals surface area contributed by atoms with Crippen LogP contribution >= 0.6 is 24.0 Å². The molecule has 1 unspecified atom stereocenters. The molecule has 0 aliphatic carbocycles. The number of hydrogen-bond donors (Lipinski definition) is 1. The van der Waals surface area contributed by atoms with Crippen LogP contribution in [0.25, 0.3) is 0 Å². The Morgan fingerprint density at radius 3 is 2.92 bits per heavy atom. The Kier molecular flexibility index (Phi) is 3.92. The van der Waals surface area contributed by atoms with Gasteiger partial charge in [-0.15, -0.1) is 0 Å². The molecule has 0 aliphatic rings. The second-order valence-electron chi connectivity index (χ2n) is 2.35. The number of hydrogen-bond acceptors (Lipinski definition) is 2. The van der Waals surface area contributed by atoms with E-state index in [-0.39, 0.29) is 0 Å². The maximum atomic E-state index is 10.4. The first-order valence-electron chi connectivity index (χ1n) is 3.52. The lowest BCUT2D eigenvalue weighted by molar-refractivity contribution is 0.502. The smallest absolute Gasteiger partial charge is 0.189 e. The zero-order chi connectivity index (χ0) is 8.97. The molecule has 0 radical (unpaired) electrons. The summed E-state index contributed by atoms with van der Waals surface area (Å²) >= 11 is 3.23. The Balaban J connectivity index is 2.57. The quantitative estimate of drug-likeness (QED) is 0.657. The normalized spacial score (nSPS) is 12.8. The van der Waals surface area contributed by atoms with Gasteiger partial charge in [0.15, 0.2) is 8.03 Å². The molecule has 5 heteroatoms. The van der Waals surface area contributed by atoms with Gasteiger partial charge >= 0.3 is 0 Å². The molecule has 0 amide bonds. The molecule has 0 bridgehead atoms. The summed E-state index contributed by atoms with van der Waals surface area (Å²) in [6.45, 7) is 0. The van der Waals surface area contributed by atoms with Gasteiger partial charge in [0.1, 0.15) is 4.60 Å². The molecule has 1 heterocycles. The van der Waals surface area contributed by atoms with E-state index >= 15 is 0 Å². The fraction of sp³-hybridized carbons (Fsp3) is 0.286. The highest BCUT2D eigenvalue weighted by Gasteiger charge is 1.97. The first kappa shape index (κ1) is 9.90. The zero-order valence-electron chi connectivity index (χ0n) is 6.33. The lowest BCUT2D eigenvalue weighted by Crippen LogP contribution is -1.91. The van der Waals surface area contributed by atoms with E-state index in [0.29, 0.717) is 12.6 Å². The molecule has 0 aromatic carbocycles. The van der Waals surface area contributed by atoms with Gasteiger partial charge in [-0.3, -0.25) is 4.57 Å². The van der Waals surface area contributed by atoms with E-state index in [0.717, 1.165) is 10.3 Å². The van der Waals surface area contributed by atoms with Crippen molar-refractivity contribution < 1.29 is 9.46 Å². The lowest BCUT2D eigenvalue weighted by atomic mass is 10.3. The van der Waals surface area contributed by atoms with Crippen molar-refractivity contribution in [2.75, 3.05) is 6.16 Å². The van der Waals surface area contributed by atoms with Crippen LogP contribution in [0.5, 0.6) is 0 Å². The summed E-state index contributed by atoms with van der Waals surface area (Å²) in [6, 6.07) is 5.53. The molecular weight excluding hydrogens is 241 g/mol. The molecular formula is C7H9BrNO2P. The van der Waals surface area contributed by atoms with Crippen molar-refractivity contribution in [3.05, 3.63) is 28.5 Å². The molecule has 0 saturated heterocycles. The number of aromatic nitrogens is 1. The SMILES string of the molecule is O=[PH](O)CCc1cccc(Br)n1. The molecule has 1 aromatic rings.